The molecule has 1 saturated heterocycles. The van der Waals surface area contributed by atoms with E-state index in [1.165, 1.54) is 11.1 Å². The minimum absolute atomic E-state index is 0.160. The number of phenols is 1. The third kappa shape index (κ3) is 2.30. The molecule has 0 saturated carbocycles. The standard InChI is InChI=1S/C17H19NO3.C8H6O/c1-18-7-6-17-10-3-5-13(20)16(17)21-15-12(19)4-2-9(14(15)17)8-11(10)18;1-2-4-8-7(3-1)5-6-9-8/h2-5,10-11,13,16,19-20H,6-8H2,1H3;1-6H/t10-,11+,13-,16-,17-;/m0./s1. The number of hydrogen-bond acceptors (Lipinski definition) is 5. The summed E-state index contributed by atoms with van der Waals surface area (Å²) in [4.78, 5) is 2.43. The molecule has 1 aromatic heterocycles. The molecule has 5 heteroatoms. The number of aliphatic hydroxyl groups is 1. The molecule has 3 aromatic rings. The summed E-state index contributed by atoms with van der Waals surface area (Å²) >= 11 is 0. The lowest BCUT2D eigenvalue weighted by Crippen LogP contribution is -2.64. The van der Waals surface area contributed by atoms with E-state index in [2.05, 4.69) is 18.0 Å². The van der Waals surface area contributed by atoms with Gasteiger partial charge in [0.2, 0.25) is 0 Å². The molecule has 0 unspecified atom stereocenters. The van der Waals surface area contributed by atoms with Gasteiger partial charge in [-0.2, -0.15) is 0 Å². The lowest BCUT2D eigenvalue weighted by atomic mass is 9.53. The van der Waals surface area contributed by atoms with Crippen LogP contribution < -0.4 is 4.74 Å². The topological polar surface area (TPSA) is 66.1 Å². The quantitative estimate of drug-likeness (QED) is 0.561. The van der Waals surface area contributed by atoms with E-state index in [0.29, 0.717) is 17.7 Å². The van der Waals surface area contributed by atoms with Crippen LogP contribution in [-0.2, 0) is 11.8 Å². The van der Waals surface area contributed by atoms with Crippen LogP contribution in [-0.4, -0.2) is 47.0 Å². The largest absolute Gasteiger partial charge is 0.504 e. The average molecular weight is 403 g/mol. The Bertz CT molecular complexity index is 1120. The summed E-state index contributed by atoms with van der Waals surface area (Å²) in [6, 6.07) is 14.1. The van der Waals surface area contributed by atoms with Gasteiger partial charge in [0.1, 0.15) is 17.8 Å². The van der Waals surface area contributed by atoms with Crippen LogP contribution in [0, 0.1) is 5.92 Å². The number of ether oxygens (including phenoxy) is 1. The number of nitrogens with zero attached hydrogens (tertiary/aromatic N) is 1. The van der Waals surface area contributed by atoms with Crippen LogP contribution in [0.3, 0.4) is 0 Å². The van der Waals surface area contributed by atoms with E-state index in [1.54, 1.807) is 12.3 Å². The first kappa shape index (κ1) is 18.0. The molecule has 154 valence electrons. The van der Waals surface area contributed by atoms with Gasteiger partial charge in [-0.15, -0.1) is 0 Å². The second-order valence-electron chi connectivity index (χ2n) is 8.89. The molecule has 2 aliphatic heterocycles. The summed E-state index contributed by atoms with van der Waals surface area (Å²) in [6.07, 6.45) is 6.88. The van der Waals surface area contributed by atoms with Crippen molar-refractivity contribution >= 4 is 11.0 Å². The third-order valence-electron chi connectivity index (χ3n) is 7.51. The maximum Gasteiger partial charge on any atom is 0.165 e. The number of piperidine rings is 1. The highest BCUT2D eigenvalue weighted by molar-refractivity contribution is 5.76. The number of phenolic OH excluding ortho intramolecular Hbond substituents is 1. The normalized spacial score (nSPS) is 32.9. The Balaban J connectivity index is 0.000000163. The van der Waals surface area contributed by atoms with E-state index in [1.807, 2.05) is 42.5 Å². The van der Waals surface area contributed by atoms with E-state index in [0.717, 1.165) is 30.4 Å². The second kappa shape index (κ2) is 6.37. The Morgan fingerprint density at radius 3 is 2.83 bits per heavy atom. The lowest BCUT2D eigenvalue weighted by Gasteiger charge is -2.56. The molecule has 1 fully saturated rings. The Labute approximate surface area is 175 Å². The van der Waals surface area contributed by atoms with Crippen molar-refractivity contribution in [3.8, 4) is 11.5 Å². The molecule has 2 aromatic carbocycles. The van der Waals surface area contributed by atoms with Crippen LogP contribution in [0.25, 0.3) is 11.0 Å². The van der Waals surface area contributed by atoms with Gasteiger partial charge in [-0.3, -0.25) is 0 Å². The first-order valence-electron chi connectivity index (χ1n) is 10.6. The average Bonchev–Trinajstić information content (AvgIpc) is 3.37. The van der Waals surface area contributed by atoms with E-state index in [9.17, 15) is 10.2 Å². The van der Waals surface area contributed by atoms with Crippen molar-refractivity contribution in [1.82, 2.24) is 4.90 Å². The monoisotopic (exact) mass is 403 g/mol. The van der Waals surface area contributed by atoms with Crippen LogP contribution in [0.5, 0.6) is 11.5 Å². The highest BCUT2D eigenvalue weighted by atomic mass is 16.5. The van der Waals surface area contributed by atoms with Crippen molar-refractivity contribution in [3.05, 3.63) is 72.0 Å². The molecule has 3 heterocycles. The first-order chi connectivity index (χ1) is 14.6. The minimum atomic E-state index is -0.594. The highest BCUT2D eigenvalue weighted by Gasteiger charge is 2.64. The number of fused-ring (bicyclic) bond motifs is 1. The maximum atomic E-state index is 10.4. The number of furan rings is 1. The van der Waals surface area contributed by atoms with Gasteiger partial charge in [0.25, 0.3) is 0 Å². The fraction of sp³-hybridized carbons (Fsp3) is 0.360. The first-order valence-corrected chi connectivity index (χ1v) is 10.6. The number of para-hydroxylation sites is 1. The Hall–Kier alpha value is -2.76. The van der Waals surface area contributed by atoms with Gasteiger partial charge in [0.15, 0.2) is 11.5 Å². The van der Waals surface area contributed by atoms with E-state index in [4.69, 9.17) is 9.15 Å². The summed E-state index contributed by atoms with van der Waals surface area (Å²) < 4.78 is 11.2. The van der Waals surface area contributed by atoms with Crippen molar-refractivity contribution in [2.75, 3.05) is 13.6 Å². The van der Waals surface area contributed by atoms with Gasteiger partial charge in [0.05, 0.1) is 6.26 Å². The predicted molar refractivity (Wildman–Crippen MR) is 114 cm³/mol. The fourth-order valence-corrected chi connectivity index (χ4v) is 6.14. The number of aromatic hydroxyl groups is 1. The zero-order chi connectivity index (χ0) is 20.5. The van der Waals surface area contributed by atoms with Gasteiger partial charge < -0.3 is 24.3 Å². The molecule has 0 radical (unpaired) electrons. The zero-order valence-corrected chi connectivity index (χ0v) is 16.9. The second-order valence-corrected chi connectivity index (χ2v) is 8.89. The number of likely N-dealkylation sites (N-methyl/N-ethyl adjacent to an activating group) is 1. The Morgan fingerprint density at radius 2 is 1.97 bits per heavy atom. The molecule has 7 rings (SSSR count). The number of hydrogen-bond donors (Lipinski definition) is 2. The van der Waals surface area contributed by atoms with E-state index < -0.39 is 6.10 Å². The molecule has 5 nitrogen and oxygen atoms in total. The van der Waals surface area contributed by atoms with E-state index in [-0.39, 0.29) is 17.3 Å². The third-order valence-corrected chi connectivity index (χ3v) is 7.51. The van der Waals surface area contributed by atoms with Gasteiger partial charge in [-0.05, 0) is 50.2 Å². The summed E-state index contributed by atoms with van der Waals surface area (Å²) in [5, 5.41) is 21.8. The van der Waals surface area contributed by atoms with Gasteiger partial charge in [-0.25, -0.2) is 0 Å². The molecule has 5 atom stereocenters. The lowest BCUT2D eigenvalue weighted by molar-refractivity contribution is -0.0453. The zero-order valence-electron chi connectivity index (χ0n) is 16.9. The fourth-order valence-electron chi connectivity index (χ4n) is 6.14. The molecule has 4 aliphatic rings. The molecule has 0 amide bonds. The van der Waals surface area contributed by atoms with Crippen LogP contribution in [0.2, 0.25) is 0 Å². The number of aliphatic hydroxyl groups excluding tert-OH is 1. The SMILES string of the molecule is CN1CC[C@]23c4c5ccc(O)c4O[C@H]2[C@@H](O)C=C[C@H]3[C@H]1C5.c1ccc2occc2c1. The van der Waals surface area contributed by atoms with Crippen molar-refractivity contribution in [2.45, 2.75) is 36.5 Å². The summed E-state index contributed by atoms with van der Waals surface area (Å²) in [7, 11) is 2.19. The highest BCUT2D eigenvalue weighted by Crippen LogP contribution is 2.62. The van der Waals surface area contributed by atoms with E-state index >= 15 is 0 Å². The van der Waals surface area contributed by atoms with Crippen LogP contribution in [0.15, 0.2) is 65.3 Å². The molecule has 2 bridgehead atoms. The number of benzene rings is 2. The van der Waals surface area contributed by atoms with Gasteiger partial charge in [0, 0.05) is 28.3 Å². The Kier molecular flexibility index (Phi) is 3.83. The van der Waals surface area contributed by atoms with Crippen molar-refractivity contribution < 1.29 is 19.4 Å². The molecular weight excluding hydrogens is 378 g/mol. The molecule has 2 N–H and O–H groups in total. The predicted octanol–water partition coefficient (Wildman–Crippen LogP) is 3.63. The summed E-state index contributed by atoms with van der Waals surface area (Å²) in [5.41, 5.74) is 3.25. The van der Waals surface area contributed by atoms with Gasteiger partial charge >= 0.3 is 0 Å². The van der Waals surface area contributed by atoms with Crippen LogP contribution in [0.1, 0.15) is 17.5 Å². The van der Waals surface area contributed by atoms with Gasteiger partial charge in [-0.1, -0.05) is 36.4 Å². The molecule has 2 aliphatic carbocycles. The number of rotatable bonds is 0. The molecule has 30 heavy (non-hydrogen) atoms. The van der Waals surface area contributed by atoms with Crippen LogP contribution in [0.4, 0.5) is 0 Å². The smallest absolute Gasteiger partial charge is 0.165 e. The van der Waals surface area contributed by atoms with Crippen molar-refractivity contribution in [2.24, 2.45) is 5.92 Å². The van der Waals surface area contributed by atoms with Crippen molar-refractivity contribution in [1.29, 1.82) is 0 Å². The molecule has 1 spiro atoms. The molecular formula is C25H25NO4. The minimum Gasteiger partial charge on any atom is -0.504 e. The maximum absolute atomic E-state index is 10.4. The summed E-state index contributed by atoms with van der Waals surface area (Å²) in [5.74, 6) is 1.19. The number of likely N-dealkylation sites (tertiary alicyclic amines) is 1. The Morgan fingerprint density at radius 1 is 1.10 bits per heavy atom. The van der Waals surface area contributed by atoms with Crippen LogP contribution >= 0.6 is 0 Å². The van der Waals surface area contributed by atoms with Crippen molar-refractivity contribution in [3.63, 3.8) is 0 Å². The summed E-state index contributed by atoms with van der Waals surface area (Å²) in [6.45, 7) is 1.01.